The van der Waals surface area contributed by atoms with E-state index in [2.05, 4.69) is 14.5 Å². The third-order valence-corrected chi connectivity index (χ3v) is 6.68. The van der Waals surface area contributed by atoms with Crippen molar-refractivity contribution in [3.05, 3.63) is 58.1 Å². The lowest BCUT2D eigenvalue weighted by molar-refractivity contribution is -0.385. The maximum absolute atomic E-state index is 11.3. The SMILES string of the molecule is CS(=O)(=O)Nc1ccc(N2CCN(CCC3CCOc4ccc([N+](=O)[O-])cc43)CC2)cc1. The van der Waals surface area contributed by atoms with Gasteiger partial charge in [-0.05, 0) is 55.6 Å². The lowest BCUT2D eigenvalue weighted by atomic mass is 9.89. The Bertz CT molecular complexity index is 1070. The standard InChI is InChI=1S/C22H28N4O5S/c1-32(29,30)23-18-2-4-19(5-3-18)25-13-11-24(12-14-25)10-8-17-9-15-31-22-7-6-20(26(27)28)16-21(17)22/h2-7,16-17,23H,8-15H2,1H3. The van der Waals surface area contributed by atoms with Gasteiger partial charge in [0, 0.05) is 55.2 Å². The topological polar surface area (TPSA) is 105 Å². The summed E-state index contributed by atoms with van der Waals surface area (Å²) in [6.07, 6.45) is 2.96. The molecular formula is C22H28N4O5S. The van der Waals surface area contributed by atoms with Gasteiger partial charge in [0.15, 0.2) is 0 Å². The van der Waals surface area contributed by atoms with Crippen molar-refractivity contribution in [2.24, 2.45) is 0 Å². The van der Waals surface area contributed by atoms with Crippen LogP contribution < -0.4 is 14.4 Å². The van der Waals surface area contributed by atoms with Gasteiger partial charge in [-0.15, -0.1) is 0 Å². The first-order valence-electron chi connectivity index (χ1n) is 10.7. The number of anilines is 2. The molecule has 1 saturated heterocycles. The highest BCUT2D eigenvalue weighted by Gasteiger charge is 2.25. The van der Waals surface area contributed by atoms with E-state index < -0.39 is 10.0 Å². The molecule has 10 heteroatoms. The number of non-ortho nitro benzene ring substituents is 1. The zero-order valence-electron chi connectivity index (χ0n) is 18.1. The Morgan fingerprint density at radius 1 is 1.12 bits per heavy atom. The number of benzene rings is 2. The molecule has 32 heavy (non-hydrogen) atoms. The first kappa shape index (κ1) is 22.3. The quantitative estimate of drug-likeness (QED) is 0.500. The normalized spacial score (nSPS) is 19.2. The third kappa shape index (κ3) is 5.49. The van der Waals surface area contributed by atoms with Gasteiger partial charge in [0.1, 0.15) is 5.75 Å². The lowest BCUT2D eigenvalue weighted by Gasteiger charge is -2.37. The van der Waals surface area contributed by atoms with Gasteiger partial charge in [0.05, 0.1) is 17.8 Å². The van der Waals surface area contributed by atoms with Gasteiger partial charge in [-0.25, -0.2) is 8.42 Å². The van der Waals surface area contributed by atoms with Crippen molar-refractivity contribution in [3.63, 3.8) is 0 Å². The molecule has 0 aliphatic carbocycles. The van der Waals surface area contributed by atoms with E-state index in [1.165, 1.54) is 6.07 Å². The molecule has 4 rings (SSSR count). The van der Waals surface area contributed by atoms with E-state index in [-0.39, 0.29) is 16.5 Å². The number of nitro groups is 1. The number of rotatable bonds is 7. The van der Waals surface area contributed by atoms with Gasteiger partial charge in [-0.1, -0.05) is 0 Å². The van der Waals surface area contributed by atoms with Crippen LogP contribution in [0.4, 0.5) is 17.1 Å². The number of hydrogen-bond acceptors (Lipinski definition) is 7. The Labute approximate surface area is 188 Å². The van der Waals surface area contributed by atoms with Crippen LogP contribution in [0.25, 0.3) is 0 Å². The van der Waals surface area contributed by atoms with E-state index in [0.29, 0.717) is 12.3 Å². The Morgan fingerprint density at radius 3 is 2.50 bits per heavy atom. The van der Waals surface area contributed by atoms with Crippen molar-refractivity contribution in [3.8, 4) is 5.75 Å². The Morgan fingerprint density at radius 2 is 1.84 bits per heavy atom. The zero-order chi connectivity index (χ0) is 22.7. The van der Waals surface area contributed by atoms with Crippen LogP contribution in [0.1, 0.15) is 24.3 Å². The number of piperazine rings is 1. The Kier molecular flexibility index (Phi) is 6.52. The molecule has 0 aromatic heterocycles. The fourth-order valence-electron chi connectivity index (χ4n) is 4.39. The molecule has 172 valence electrons. The molecular weight excluding hydrogens is 432 g/mol. The van der Waals surface area contributed by atoms with Crippen LogP contribution in [0.3, 0.4) is 0 Å². The molecule has 1 unspecified atom stereocenters. The summed E-state index contributed by atoms with van der Waals surface area (Å²) in [5.74, 6) is 1.04. The molecule has 2 aromatic carbocycles. The minimum Gasteiger partial charge on any atom is -0.493 e. The second-order valence-electron chi connectivity index (χ2n) is 8.35. The van der Waals surface area contributed by atoms with Crippen molar-refractivity contribution >= 4 is 27.1 Å². The van der Waals surface area contributed by atoms with Crippen LogP contribution in [0.15, 0.2) is 42.5 Å². The molecule has 0 amide bonds. The highest BCUT2D eigenvalue weighted by molar-refractivity contribution is 7.92. The molecule has 2 aromatic rings. The summed E-state index contributed by atoms with van der Waals surface area (Å²) in [5, 5.41) is 11.1. The Hall–Kier alpha value is -2.85. The van der Waals surface area contributed by atoms with Crippen molar-refractivity contribution in [2.75, 3.05) is 55.2 Å². The van der Waals surface area contributed by atoms with E-state index >= 15 is 0 Å². The maximum Gasteiger partial charge on any atom is 0.269 e. The van der Waals surface area contributed by atoms with Crippen LogP contribution in [-0.2, 0) is 10.0 Å². The molecule has 2 aliphatic heterocycles. The van der Waals surface area contributed by atoms with Gasteiger partial charge >= 0.3 is 0 Å². The van der Waals surface area contributed by atoms with E-state index in [1.54, 1.807) is 24.3 Å². The summed E-state index contributed by atoms with van der Waals surface area (Å²) in [7, 11) is -3.27. The van der Waals surface area contributed by atoms with Crippen molar-refractivity contribution in [1.82, 2.24) is 4.90 Å². The first-order valence-corrected chi connectivity index (χ1v) is 12.6. The first-order chi connectivity index (χ1) is 15.3. The monoisotopic (exact) mass is 460 g/mol. The van der Waals surface area contributed by atoms with Crippen molar-refractivity contribution < 1.29 is 18.1 Å². The number of ether oxygens (including phenoxy) is 1. The molecule has 9 nitrogen and oxygen atoms in total. The van der Waals surface area contributed by atoms with E-state index in [9.17, 15) is 18.5 Å². The lowest BCUT2D eigenvalue weighted by Crippen LogP contribution is -2.46. The summed E-state index contributed by atoms with van der Waals surface area (Å²) >= 11 is 0. The second-order valence-corrected chi connectivity index (χ2v) is 10.1. The van der Waals surface area contributed by atoms with Crippen LogP contribution in [0.2, 0.25) is 0 Å². The summed E-state index contributed by atoms with van der Waals surface area (Å²) in [6.45, 7) is 5.26. The van der Waals surface area contributed by atoms with E-state index in [1.807, 2.05) is 12.1 Å². The van der Waals surface area contributed by atoms with E-state index in [4.69, 9.17) is 4.74 Å². The molecule has 0 spiro atoms. The second kappa shape index (κ2) is 9.33. The summed E-state index contributed by atoms with van der Waals surface area (Å²) < 4.78 is 30.9. The van der Waals surface area contributed by atoms with Gasteiger partial charge in [0.25, 0.3) is 5.69 Å². The summed E-state index contributed by atoms with van der Waals surface area (Å²) in [4.78, 5) is 15.5. The number of nitrogens with one attached hydrogen (secondary N) is 1. The fraction of sp³-hybridized carbons (Fsp3) is 0.455. The highest BCUT2D eigenvalue weighted by Crippen LogP contribution is 2.38. The maximum atomic E-state index is 11.3. The number of nitrogens with zero attached hydrogens (tertiary/aromatic N) is 3. The number of fused-ring (bicyclic) bond motifs is 1. The molecule has 0 radical (unpaired) electrons. The minimum atomic E-state index is -3.27. The van der Waals surface area contributed by atoms with Crippen LogP contribution in [-0.4, -0.2) is 63.8 Å². The van der Waals surface area contributed by atoms with Crippen LogP contribution in [0.5, 0.6) is 5.75 Å². The molecule has 0 bridgehead atoms. The fourth-order valence-corrected chi connectivity index (χ4v) is 4.95. The molecule has 0 saturated carbocycles. The van der Waals surface area contributed by atoms with Crippen LogP contribution in [0, 0.1) is 10.1 Å². The summed E-state index contributed by atoms with van der Waals surface area (Å²) in [5.41, 5.74) is 2.71. The number of sulfonamides is 1. The molecule has 1 atom stereocenters. The third-order valence-electron chi connectivity index (χ3n) is 6.07. The predicted molar refractivity (Wildman–Crippen MR) is 124 cm³/mol. The smallest absolute Gasteiger partial charge is 0.269 e. The minimum absolute atomic E-state index is 0.116. The summed E-state index contributed by atoms with van der Waals surface area (Å²) in [6, 6.07) is 12.3. The molecule has 2 aliphatic rings. The number of hydrogen-bond donors (Lipinski definition) is 1. The molecule has 2 heterocycles. The average Bonchev–Trinajstić information content (AvgIpc) is 2.77. The molecule has 1 N–H and O–H groups in total. The predicted octanol–water partition coefficient (Wildman–Crippen LogP) is 3.04. The van der Waals surface area contributed by atoms with E-state index in [0.717, 1.165) is 68.8 Å². The van der Waals surface area contributed by atoms with Crippen molar-refractivity contribution in [2.45, 2.75) is 18.8 Å². The van der Waals surface area contributed by atoms with Gasteiger partial charge in [0.2, 0.25) is 10.0 Å². The van der Waals surface area contributed by atoms with Crippen molar-refractivity contribution in [1.29, 1.82) is 0 Å². The molecule has 1 fully saturated rings. The van der Waals surface area contributed by atoms with Crippen LogP contribution >= 0.6 is 0 Å². The number of nitro benzene ring substituents is 1. The van der Waals surface area contributed by atoms with Gasteiger partial charge in [-0.3, -0.25) is 19.7 Å². The highest BCUT2D eigenvalue weighted by atomic mass is 32.2. The van der Waals surface area contributed by atoms with Gasteiger partial charge < -0.3 is 9.64 Å². The van der Waals surface area contributed by atoms with Gasteiger partial charge in [-0.2, -0.15) is 0 Å². The zero-order valence-corrected chi connectivity index (χ0v) is 18.9. The Balaban J connectivity index is 1.30. The largest absolute Gasteiger partial charge is 0.493 e. The average molecular weight is 461 g/mol.